The number of nitrogens with one attached hydrogen (secondary N) is 1. The van der Waals surface area contributed by atoms with Gasteiger partial charge in [0, 0.05) is 5.56 Å². The minimum absolute atomic E-state index is 0.183. The molecule has 0 fully saturated rings. The molecule has 0 aliphatic carbocycles. The Bertz CT molecular complexity index is 1380. The van der Waals surface area contributed by atoms with E-state index in [1.165, 1.54) is 11.8 Å². The molecular formula is C29H26N2O5. The second-order valence-electron chi connectivity index (χ2n) is 7.90. The highest BCUT2D eigenvalue weighted by Crippen LogP contribution is 2.27. The summed E-state index contributed by atoms with van der Waals surface area (Å²) in [4.78, 5) is 25.0. The average Bonchev–Trinajstić information content (AvgIpc) is 2.93. The molecule has 182 valence electrons. The number of nitrogens with zero attached hydrogens (tertiary/aromatic N) is 1. The molecule has 4 aromatic rings. The van der Waals surface area contributed by atoms with Crippen LogP contribution in [0, 0.1) is 0 Å². The topological polar surface area (TPSA) is 86.2 Å². The summed E-state index contributed by atoms with van der Waals surface area (Å²) in [5.41, 5.74) is 4.59. The molecule has 0 aliphatic rings. The van der Waals surface area contributed by atoms with Crippen LogP contribution in [0.5, 0.6) is 17.2 Å². The van der Waals surface area contributed by atoms with Crippen LogP contribution in [0.2, 0.25) is 0 Å². The van der Waals surface area contributed by atoms with Crippen LogP contribution in [0.3, 0.4) is 0 Å². The van der Waals surface area contributed by atoms with Crippen molar-refractivity contribution in [3.8, 4) is 17.2 Å². The number of fused-ring (bicyclic) bond motifs is 1. The monoisotopic (exact) mass is 482 g/mol. The second kappa shape index (κ2) is 11.7. The van der Waals surface area contributed by atoms with E-state index < -0.39 is 11.9 Å². The van der Waals surface area contributed by atoms with Gasteiger partial charge >= 0.3 is 5.97 Å². The standard InChI is InChI=1S/C29H26N2O5/c1-3-20-8-13-24(14-9-20)35-19-28(32)31-30-18-26-25-7-5-4-6-21(25)12-17-27(26)36-29(33)22-10-15-23(34-2)16-11-22/h4-18H,3,19H2,1-2H3,(H,31,32)/b30-18+. The lowest BCUT2D eigenvalue weighted by Gasteiger charge is -2.11. The minimum Gasteiger partial charge on any atom is -0.497 e. The number of methoxy groups -OCH3 is 1. The van der Waals surface area contributed by atoms with Crippen molar-refractivity contribution in [2.45, 2.75) is 13.3 Å². The van der Waals surface area contributed by atoms with Gasteiger partial charge in [0.05, 0.1) is 18.9 Å². The molecule has 0 spiro atoms. The fourth-order valence-electron chi connectivity index (χ4n) is 3.56. The quantitative estimate of drug-likeness (QED) is 0.154. The van der Waals surface area contributed by atoms with Crippen molar-refractivity contribution >= 4 is 28.9 Å². The van der Waals surface area contributed by atoms with E-state index in [9.17, 15) is 9.59 Å². The van der Waals surface area contributed by atoms with Crippen molar-refractivity contribution in [1.82, 2.24) is 5.43 Å². The first-order valence-corrected chi connectivity index (χ1v) is 11.5. The molecule has 7 heteroatoms. The van der Waals surface area contributed by atoms with Crippen LogP contribution >= 0.6 is 0 Å². The predicted octanol–water partition coefficient (Wildman–Crippen LogP) is 5.16. The first-order chi connectivity index (χ1) is 17.6. The number of carbonyl (C=O) groups excluding carboxylic acids is 2. The highest BCUT2D eigenvalue weighted by Gasteiger charge is 2.14. The number of rotatable bonds is 9. The molecule has 0 radical (unpaired) electrons. The van der Waals surface area contributed by atoms with Gasteiger partial charge < -0.3 is 14.2 Å². The number of hydrogen-bond donors (Lipinski definition) is 1. The third-order valence-electron chi connectivity index (χ3n) is 5.54. The zero-order valence-corrected chi connectivity index (χ0v) is 20.1. The molecule has 1 amide bonds. The molecule has 0 aromatic heterocycles. The third-order valence-corrected chi connectivity index (χ3v) is 5.54. The number of hydrazone groups is 1. The highest BCUT2D eigenvalue weighted by molar-refractivity contribution is 6.04. The van der Waals surface area contributed by atoms with Crippen LogP contribution in [-0.4, -0.2) is 31.8 Å². The summed E-state index contributed by atoms with van der Waals surface area (Å²) in [5.74, 6) is 0.632. The summed E-state index contributed by atoms with van der Waals surface area (Å²) in [6, 6.07) is 25.4. The zero-order valence-electron chi connectivity index (χ0n) is 20.1. The fourth-order valence-corrected chi connectivity index (χ4v) is 3.56. The van der Waals surface area contributed by atoms with E-state index in [1.54, 1.807) is 37.4 Å². The third kappa shape index (κ3) is 6.07. The average molecular weight is 483 g/mol. The Hall–Kier alpha value is -4.65. The number of ether oxygens (including phenoxy) is 3. The Balaban J connectivity index is 1.47. The first-order valence-electron chi connectivity index (χ1n) is 11.5. The van der Waals surface area contributed by atoms with Crippen LogP contribution in [-0.2, 0) is 11.2 Å². The lowest BCUT2D eigenvalue weighted by molar-refractivity contribution is -0.123. The van der Waals surface area contributed by atoms with Crippen molar-refractivity contribution in [2.24, 2.45) is 5.10 Å². The summed E-state index contributed by atoms with van der Waals surface area (Å²) in [6.07, 6.45) is 2.40. The van der Waals surface area contributed by atoms with E-state index in [1.807, 2.05) is 54.6 Å². The van der Waals surface area contributed by atoms with Gasteiger partial charge in [0.1, 0.15) is 17.2 Å². The first kappa shape index (κ1) is 24.5. The number of amides is 1. The largest absolute Gasteiger partial charge is 0.497 e. The van der Waals surface area contributed by atoms with Crippen molar-refractivity contribution in [2.75, 3.05) is 13.7 Å². The van der Waals surface area contributed by atoms with Gasteiger partial charge in [-0.3, -0.25) is 4.79 Å². The van der Waals surface area contributed by atoms with Crippen LogP contribution < -0.4 is 19.6 Å². The molecule has 1 N–H and O–H groups in total. The lowest BCUT2D eigenvalue weighted by atomic mass is 10.0. The maximum atomic E-state index is 12.8. The van der Waals surface area contributed by atoms with Gasteiger partial charge in [-0.15, -0.1) is 0 Å². The van der Waals surface area contributed by atoms with E-state index in [-0.39, 0.29) is 6.61 Å². The fraction of sp³-hybridized carbons (Fsp3) is 0.138. The van der Waals surface area contributed by atoms with Gasteiger partial charge in [-0.1, -0.05) is 49.4 Å². The van der Waals surface area contributed by atoms with Crippen molar-refractivity contribution in [3.05, 3.63) is 102 Å². The van der Waals surface area contributed by atoms with Crippen molar-refractivity contribution in [1.29, 1.82) is 0 Å². The Morgan fingerprint density at radius 1 is 0.889 bits per heavy atom. The molecule has 0 atom stereocenters. The maximum Gasteiger partial charge on any atom is 0.343 e. The second-order valence-corrected chi connectivity index (χ2v) is 7.90. The molecular weight excluding hydrogens is 456 g/mol. The Morgan fingerprint density at radius 3 is 2.33 bits per heavy atom. The SMILES string of the molecule is CCc1ccc(OCC(=O)N/N=C/c2c(OC(=O)c3ccc(OC)cc3)ccc3ccccc23)cc1. The molecule has 7 nitrogen and oxygen atoms in total. The summed E-state index contributed by atoms with van der Waals surface area (Å²) >= 11 is 0. The predicted molar refractivity (Wildman–Crippen MR) is 139 cm³/mol. The number of benzene rings is 4. The van der Waals surface area contributed by atoms with Gasteiger partial charge in [0.2, 0.25) is 0 Å². The molecule has 4 aromatic carbocycles. The van der Waals surface area contributed by atoms with Crippen molar-refractivity contribution < 1.29 is 23.8 Å². The smallest absolute Gasteiger partial charge is 0.343 e. The van der Waals surface area contributed by atoms with E-state index in [0.29, 0.717) is 28.4 Å². The summed E-state index contributed by atoms with van der Waals surface area (Å²) in [5, 5.41) is 5.84. The number of aryl methyl sites for hydroxylation is 1. The molecule has 0 bridgehead atoms. The molecule has 36 heavy (non-hydrogen) atoms. The number of carbonyl (C=O) groups is 2. The van der Waals surface area contributed by atoms with Crippen LogP contribution in [0.1, 0.15) is 28.4 Å². The number of hydrogen-bond acceptors (Lipinski definition) is 6. The van der Waals surface area contributed by atoms with Gasteiger partial charge in [-0.2, -0.15) is 5.10 Å². The highest BCUT2D eigenvalue weighted by atomic mass is 16.5. The van der Waals surface area contributed by atoms with Crippen LogP contribution in [0.25, 0.3) is 10.8 Å². The Labute approximate surface area is 209 Å². The Kier molecular flexibility index (Phi) is 7.93. The summed E-state index contributed by atoms with van der Waals surface area (Å²) < 4.78 is 16.3. The number of esters is 1. The van der Waals surface area contributed by atoms with Gasteiger partial charge in [-0.05, 0) is 65.2 Å². The normalized spacial score (nSPS) is 10.8. The van der Waals surface area contributed by atoms with Gasteiger partial charge in [0.25, 0.3) is 5.91 Å². The maximum absolute atomic E-state index is 12.8. The van der Waals surface area contributed by atoms with E-state index in [0.717, 1.165) is 17.2 Å². The van der Waals surface area contributed by atoms with E-state index >= 15 is 0 Å². The summed E-state index contributed by atoms with van der Waals surface area (Å²) in [6.45, 7) is 1.89. The molecule has 0 saturated carbocycles. The molecule has 0 unspecified atom stereocenters. The van der Waals surface area contributed by atoms with Gasteiger partial charge in [-0.25, -0.2) is 10.2 Å². The molecule has 0 saturated heterocycles. The van der Waals surface area contributed by atoms with E-state index in [4.69, 9.17) is 14.2 Å². The van der Waals surface area contributed by atoms with Gasteiger partial charge in [0.15, 0.2) is 6.61 Å². The lowest BCUT2D eigenvalue weighted by Crippen LogP contribution is -2.24. The van der Waals surface area contributed by atoms with Crippen molar-refractivity contribution in [3.63, 3.8) is 0 Å². The molecule has 0 aliphatic heterocycles. The van der Waals surface area contributed by atoms with E-state index in [2.05, 4.69) is 17.5 Å². The summed E-state index contributed by atoms with van der Waals surface area (Å²) in [7, 11) is 1.56. The molecule has 4 rings (SSSR count). The zero-order chi connectivity index (χ0) is 25.3. The van der Waals surface area contributed by atoms with Crippen LogP contribution in [0.15, 0.2) is 90.0 Å². The van der Waals surface area contributed by atoms with Crippen LogP contribution in [0.4, 0.5) is 0 Å². The molecule has 0 heterocycles. The minimum atomic E-state index is -0.519. The Morgan fingerprint density at radius 2 is 1.61 bits per heavy atom.